The molecule has 0 aliphatic rings. The Morgan fingerprint density at radius 1 is 1.12 bits per heavy atom. The van der Waals surface area contributed by atoms with Crippen LogP contribution < -0.4 is 5.32 Å². The summed E-state index contributed by atoms with van der Waals surface area (Å²) in [5, 5.41) is 2.34. The van der Waals surface area contributed by atoms with Gasteiger partial charge in [0.2, 0.25) is 0 Å². The number of carbonyl (C=O) groups is 1. The summed E-state index contributed by atoms with van der Waals surface area (Å²) in [6.07, 6.45) is -0.503. The predicted octanol–water partition coefficient (Wildman–Crippen LogP) is 3.74. The molecule has 1 unspecified atom stereocenters. The number of nitrogens with one attached hydrogen (secondary N) is 2. The molecule has 0 bridgehead atoms. The highest BCUT2D eigenvalue weighted by Gasteiger charge is 2.28. The van der Waals surface area contributed by atoms with Crippen molar-refractivity contribution in [1.82, 2.24) is 5.32 Å². The van der Waals surface area contributed by atoms with Gasteiger partial charge in [0.25, 0.3) is 0 Å². The van der Waals surface area contributed by atoms with Gasteiger partial charge in [-0.05, 0) is 33.6 Å². The van der Waals surface area contributed by atoms with E-state index in [2.05, 4.69) is 5.32 Å². The molecular weight excluding hydrogens is 364 g/mol. The lowest BCUT2D eigenvalue weighted by Crippen LogP contribution is -2.33. The van der Waals surface area contributed by atoms with E-state index in [1.165, 1.54) is 0 Å². The number of rotatable bonds is 5. The van der Waals surface area contributed by atoms with Crippen LogP contribution >= 0.6 is 0 Å². The van der Waals surface area contributed by atoms with Crippen molar-refractivity contribution >= 4 is 15.8 Å². The molecule has 0 fully saturated rings. The van der Waals surface area contributed by atoms with Crippen molar-refractivity contribution in [1.29, 1.82) is 4.78 Å². The SMILES string of the molecule is CC(C)(C)OC(=O)NCCCc1c(F)c(F)c(S(C)(=N)=O)c(F)c1F. The summed E-state index contributed by atoms with van der Waals surface area (Å²) in [7, 11) is -3.98. The second-order valence-electron chi connectivity index (χ2n) is 6.44. The van der Waals surface area contributed by atoms with Crippen LogP contribution in [0.4, 0.5) is 22.4 Å². The quantitative estimate of drug-likeness (QED) is 0.461. The second kappa shape index (κ2) is 7.59. The van der Waals surface area contributed by atoms with Gasteiger partial charge in [0.1, 0.15) is 10.5 Å². The number of hydrogen-bond donors (Lipinski definition) is 2. The van der Waals surface area contributed by atoms with Crippen molar-refractivity contribution in [2.45, 2.75) is 44.1 Å². The third-order valence-electron chi connectivity index (χ3n) is 2.98. The van der Waals surface area contributed by atoms with Crippen LogP contribution in [0.3, 0.4) is 0 Å². The molecule has 1 aromatic carbocycles. The maximum atomic E-state index is 13.9. The first kappa shape index (κ1) is 21.2. The van der Waals surface area contributed by atoms with E-state index in [1.54, 1.807) is 20.8 Å². The molecule has 2 N–H and O–H groups in total. The zero-order valence-electron chi connectivity index (χ0n) is 14.3. The van der Waals surface area contributed by atoms with Gasteiger partial charge >= 0.3 is 6.09 Å². The number of benzene rings is 1. The Labute approximate surface area is 143 Å². The molecule has 1 rings (SSSR count). The van der Waals surface area contributed by atoms with Crippen LogP contribution in [0.1, 0.15) is 32.8 Å². The van der Waals surface area contributed by atoms with Gasteiger partial charge in [-0.2, -0.15) is 0 Å². The minimum absolute atomic E-state index is 0.0202. The molecule has 1 amide bonds. The summed E-state index contributed by atoms with van der Waals surface area (Å²) in [5.41, 5.74) is -1.58. The molecule has 0 heterocycles. The Morgan fingerprint density at radius 3 is 2.00 bits per heavy atom. The van der Waals surface area contributed by atoms with Crippen molar-refractivity contribution < 1.29 is 31.3 Å². The number of hydrogen-bond acceptors (Lipinski definition) is 4. The number of amides is 1. The number of halogens is 4. The Bertz CT molecular complexity index is 745. The molecule has 0 aliphatic heterocycles. The lowest BCUT2D eigenvalue weighted by Gasteiger charge is -2.19. The summed E-state index contributed by atoms with van der Waals surface area (Å²) < 4.78 is 79.2. The largest absolute Gasteiger partial charge is 0.444 e. The molecule has 0 aliphatic carbocycles. The van der Waals surface area contributed by atoms with Crippen LogP contribution in [-0.4, -0.2) is 28.7 Å². The number of carbonyl (C=O) groups excluding carboxylic acids is 1. The molecule has 10 heteroatoms. The minimum Gasteiger partial charge on any atom is -0.444 e. The highest BCUT2D eigenvalue weighted by Crippen LogP contribution is 2.28. The first-order valence-corrected chi connectivity index (χ1v) is 9.27. The third-order valence-corrected chi connectivity index (χ3v) is 4.11. The monoisotopic (exact) mass is 384 g/mol. The molecule has 0 radical (unpaired) electrons. The summed E-state index contributed by atoms with van der Waals surface area (Å²) >= 11 is 0. The zero-order valence-corrected chi connectivity index (χ0v) is 15.1. The Hall–Kier alpha value is -1.84. The van der Waals surface area contributed by atoms with Gasteiger partial charge < -0.3 is 10.1 Å². The molecule has 142 valence electrons. The highest BCUT2D eigenvalue weighted by molar-refractivity contribution is 7.91. The maximum Gasteiger partial charge on any atom is 0.407 e. The normalized spacial score (nSPS) is 14.1. The Morgan fingerprint density at radius 2 is 1.60 bits per heavy atom. The average Bonchev–Trinajstić information content (AvgIpc) is 2.41. The van der Waals surface area contributed by atoms with Crippen LogP contribution in [0, 0.1) is 28.0 Å². The van der Waals surface area contributed by atoms with E-state index in [1.807, 2.05) is 0 Å². The predicted molar refractivity (Wildman–Crippen MR) is 83.9 cm³/mol. The van der Waals surface area contributed by atoms with Crippen LogP contribution in [0.5, 0.6) is 0 Å². The molecule has 1 aromatic rings. The smallest absolute Gasteiger partial charge is 0.407 e. The van der Waals surface area contributed by atoms with Crippen molar-refractivity contribution in [2.24, 2.45) is 0 Å². The van der Waals surface area contributed by atoms with E-state index in [-0.39, 0.29) is 13.0 Å². The average molecular weight is 384 g/mol. The molecular formula is C15H20F4N2O3S. The van der Waals surface area contributed by atoms with Gasteiger partial charge in [-0.3, -0.25) is 0 Å². The number of ether oxygens (including phenoxy) is 1. The van der Waals surface area contributed by atoms with E-state index < -0.39 is 61.6 Å². The van der Waals surface area contributed by atoms with Crippen LogP contribution in [-0.2, 0) is 20.9 Å². The first-order valence-electron chi connectivity index (χ1n) is 7.31. The topological polar surface area (TPSA) is 79.2 Å². The van der Waals surface area contributed by atoms with Crippen molar-refractivity contribution in [2.75, 3.05) is 12.8 Å². The Balaban J connectivity index is 2.87. The van der Waals surface area contributed by atoms with Gasteiger partial charge in [-0.1, -0.05) is 0 Å². The van der Waals surface area contributed by atoms with Crippen LogP contribution in [0.15, 0.2) is 4.90 Å². The van der Waals surface area contributed by atoms with Crippen LogP contribution in [0.2, 0.25) is 0 Å². The first-order chi connectivity index (χ1) is 11.3. The zero-order chi connectivity index (χ0) is 19.6. The van der Waals surface area contributed by atoms with E-state index in [9.17, 15) is 26.6 Å². The second-order valence-corrected chi connectivity index (χ2v) is 8.54. The van der Waals surface area contributed by atoms with E-state index in [4.69, 9.17) is 9.52 Å². The van der Waals surface area contributed by atoms with Crippen molar-refractivity contribution in [3.05, 3.63) is 28.8 Å². The lowest BCUT2D eigenvalue weighted by atomic mass is 10.1. The fraction of sp³-hybridized carbons (Fsp3) is 0.533. The third kappa shape index (κ3) is 5.58. The fourth-order valence-corrected chi connectivity index (χ4v) is 2.85. The van der Waals surface area contributed by atoms with Gasteiger partial charge in [0.05, 0.1) is 9.73 Å². The molecule has 5 nitrogen and oxygen atoms in total. The molecule has 0 aromatic heterocycles. The fourth-order valence-electron chi connectivity index (χ4n) is 1.99. The summed E-state index contributed by atoms with van der Waals surface area (Å²) in [4.78, 5) is 9.99. The highest BCUT2D eigenvalue weighted by atomic mass is 32.2. The number of alkyl carbamates (subject to hydrolysis) is 1. The summed E-state index contributed by atoms with van der Waals surface area (Å²) in [6.45, 7) is 4.93. The molecule has 25 heavy (non-hydrogen) atoms. The van der Waals surface area contributed by atoms with E-state index >= 15 is 0 Å². The summed E-state index contributed by atoms with van der Waals surface area (Å²) in [6, 6.07) is 0. The van der Waals surface area contributed by atoms with Crippen LogP contribution in [0.25, 0.3) is 0 Å². The van der Waals surface area contributed by atoms with E-state index in [0.29, 0.717) is 6.26 Å². The van der Waals surface area contributed by atoms with Gasteiger partial charge in [-0.25, -0.2) is 31.3 Å². The summed E-state index contributed by atoms with van der Waals surface area (Å²) in [5.74, 6) is -7.05. The van der Waals surface area contributed by atoms with Gasteiger partial charge in [0, 0.05) is 18.4 Å². The molecule has 1 atom stereocenters. The molecule has 0 saturated heterocycles. The van der Waals surface area contributed by atoms with Gasteiger partial charge in [-0.15, -0.1) is 0 Å². The van der Waals surface area contributed by atoms with E-state index in [0.717, 1.165) is 0 Å². The Kier molecular flexibility index (Phi) is 6.44. The van der Waals surface area contributed by atoms with Gasteiger partial charge in [0.15, 0.2) is 23.3 Å². The molecule has 0 spiro atoms. The molecule has 0 saturated carbocycles. The van der Waals surface area contributed by atoms with Crippen molar-refractivity contribution in [3.8, 4) is 0 Å². The standard InChI is InChI=1S/C15H20F4N2O3S/c1-15(2,3)24-14(22)21-7-5-6-8-9(16)11(18)13(25(4,20)23)12(19)10(8)17/h20H,5-7H2,1-4H3,(H,21,22). The van der Waals surface area contributed by atoms with Crippen molar-refractivity contribution in [3.63, 3.8) is 0 Å². The lowest BCUT2D eigenvalue weighted by molar-refractivity contribution is 0.0527. The maximum absolute atomic E-state index is 13.9. The minimum atomic E-state index is -3.98.